The molecule has 1 aliphatic heterocycles. The molecule has 2 aliphatic rings. The smallest absolute Gasteiger partial charge is 0.281 e. The number of hydrogen-bond donors (Lipinski definition) is 3. The van der Waals surface area contributed by atoms with Crippen LogP contribution >= 0.6 is 0 Å². The topological polar surface area (TPSA) is 143 Å². The largest absolute Gasteiger partial charge is 0.497 e. The zero-order chi connectivity index (χ0) is 45.1. The number of nitrogen functional groups attached to an aromatic ring is 1. The van der Waals surface area contributed by atoms with Crippen LogP contribution in [0.2, 0.25) is 0 Å². The van der Waals surface area contributed by atoms with Crippen LogP contribution in [-0.4, -0.2) is 69.0 Å². The van der Waals surface area contributed by atoms with E-state index in [-0.39, 0.29) is 42.6 Å². The van der Waals surface area contributed by atoms with E-state index in [1.165, 1.54) is 0 Å². The second-order valence-corrected chi connectivity index (χ2v) is 16.4. The quantitative estimate of drug-likeness (QED) is 0.0817. The first-order chi connectivity index (χ1) is 31.8. The molecule has 332 valence electrons. The van der Waals surface area contributed by atoms with Crippen LogP contribution in [0, 0.1) is 11.8 Å². The molecule has 4 N–H and O–H groups in total. The molecule has 1 aromatic heterocycles. The van der Waals surface area contributed by atoms with Crippen molar-refractivity contribution in [2.24, 2.45) is 11.8 Å². The van der Waals surface area contributed by atoms with Crippen LogP contribution < -0.4 is 40.5 Å². The first-order valence-electron chi connectivity index (χ1n) is 21.7. The molecule has 12 nitrogen and oxygen atoms in total. The third-order valence-corrected chi connectivity index (χ3v) is 13.3. The van der Waals surface area contributed by atoms with E-state index in [1.807, 2.05) is 146 Å². The summed E-state index contributed by atoms with van der Waals surface area (Å²) in [5.41, 5.74) is 9.92. The van der Waals surface area contributed by atoms with Crippen molar-refractivity contribution in [3.8, 4) is 23.0 Å². The number of anilines is 3. The molecule has 0 saturated heterocycles. The van der Waals surface area contributed by atoms with Gasteiger partial charge in [0.25, 0.3) is 5.56 Å². The number of nitrogens with two attached hydrogens (primary N) is 1. The van der Waals surface area contributed by atoms with Gasteiger partial charge in [-0.1, -0.05) is 109 Å². The number of aliphatic hydroxyl groups is 1. The SMILES string of the molecule is COc1ccc(C(OC[C@@H]2[C@@H](CO)C[C@H]2N2CNc3c2nc(N)n(C(c2ccccc2)(c2ccc(OC)cc2)c2ccc(OC)cc2)c3=O)(c2ccccc2)c2ccc(OC)cc2)cc1. The Bertz CT molecular complexity index is 2670. The van der Waals surface area contributed by atoms with Crippen molar-refractivity contribution in [1.82, 2.24) is 9.55 Å². The molecule has 7 aromatic rings. The van der Waals surface area contributed by atoms with Crippen LogP contribution in [0.1, 0.15) is 39.8 Å². The minimum atomic E-state index is -1.27. The van der Waals surface area contributed by atoms with Gasteiger partial charge >= 0.3 is 0 Å². The first kappa shape index (κ1) is 43.0. The summed E-state index contributed by atoms with van der Waals surface area (Å²) in [6.45, 7) is 0.556. The maximum Gasteiger partial charge on any atom is 0.281 e. The lowest BCUT2D eigenvalue weighted by Crippen LogP contribution is -2.56. The summed E-state index contributed by atoms with van der Waals surface area (Å²) in [7, 11) is 6.54. The maximum absolute atomic E-state index is 15.4. The van der Waals surface area contributed by atoms with E-state index in [2.05, 4.69) is 22.3 Å². The summed E-state index contributed by atoms with van der Waals surface area (Å²) in [6.07, 6.45) is 0.658. The van der Waals surface area contributed by atoms with Gasteiger partial charge in [-0.3, -0.25) is 9.36 Å². The lowest BCUT2D eigenvalue weighted by Gasteiger charge is -2.50. The lowest BCUT2D eigenvalue weighted by atomic mass is 9.69. The van der Waals surface area contributed by atoms with E-state index >= 15 is 4.79 Å². The second-order valence-electron chi connectivity index (χ2n) is 16.4. The molecule has 1 fully saturated rings. The summed E-state index contributed by atoms with van der Waals surface area (Å²) in [6, 6.07) is 51.0. The summed E-state index contributed by atoms with van der Waals surface area (Å²) in [4.78, 5) is 22.6. The molecular formula is C53H53N5O7. The maximum atomic E-state index is 15.4. The molecule has 9 rings (SSSR count). The highest BCUT2D eigenvalue weighted by molar-refractivity contribution is 5.73. The Balaban J connectivity index is 1.13. The fourth-order valence-corrected chi connectivity index (χ4v) is 9.85. The molecule has 0 unspecified atom stereocenters. The normalized spacial score (nSPS) is 16.8. The van der Waals surface area contributed by atoms with Gasteiger partial charge in [0.05, 0.1) is 41.7 Å². The van der Waals surface area contributed by atoms with Crippen LogP contribution in [0.4, 0.5) is 17.5 Å². The van der Waals surface area contributed by atoms with Crippen molar-refractivity contribution in [2.75, 3.05) is 64.3 Å². The van der Waals surface area contributed by atoms with Gasteiger partial charge in [0.1, 0.15) is 39.8 Å². The second kappa shape index (κ2) is 18.1. The molecule has 2 heterocycles. The van der Waals surface area contributed by atoms with Crippen LogP contribution in [0.5, 0.6) is 23.0 Å². The number of nitrogens with zero attached hydrogens (tertiary/aromatic N) is 3. The number of benzene rings is 6. The van der Waals surface area contributed by atoms with Crippen molar-refractivity contribution in [3.63, 3.8) is 0 Å². The third kappa shape index (κ3) is 7.38. The van der Waals surface area contributed by atoms with Crippen molar-refractivity contribution in [2.45, 2.75) is 23.6 Å². The van der Waals surface area contributed by atoms with E-state index < -0.39 is 11.1 Å². The van der Waals surface area contributed by atoms with Crippen LogP contribution in [0.3, 0.4) is 0 Å². The van der Waals surface area contributed by atoms with Gasteiger partial charge in [0.15, 0.2) is 5.82 Å². The summed E-state index contributed by atoms with van der Waals surface area (Å²) >= 11 is 0. The Morgan fingerprint density at radius 1 is 0.631 bits per heavy atom. The van der Waals surface area contributed by atoms with Crippen molar-refractivity contribution >= 4 is 17.5 Å². The van der Waals surface area contributed by atoms with Crippen LogP contribution in [0.15, 0.2) is 163 Å². The van der Waals surface area contributed by atoms with E-state index in [9.17, 15) is 5.11 Å². The number of hydrogen-bond acceptors (Lipinski definition) is 11. The number of aromatic nitrogens is 2. The molecule has 65 heavy (non-hydrogen) atoms. The zero-order valence-corrected chi connectivity index (χ0v) is 36.9. The van der Waals surface area contributed by atoms with Gasteiger partial charge in [-0.15, -0.1) is 0 Å². The lowest BCUT2D eigenvalue weighted by molar-refractivity contribution is -0.0621. The number of methoxy groups -OCH3 is 4. The number of aliphatic hydroxyl groups excluding tert-OH is 1. The first-order valence-corrected chi connectivity index (χ1v) is 21.7. The van der Waals surface area contributed by atoms with E-state index in [0.717, 1.165) is 44.9 Å². The highest BCUT2D eigenvalue weighted by Crippen LogP contribution is 2.48. The highest BCUT2D eigenvalue weighted by Gasteiger charge is 2.50. The number of rotatable bonds is 16. The number of fused-ring (bicyclic) bond motifs is 1. The van der Waals surface area contributed by atoms with E-state index in [4.69, 9.17) is 34.4 Å². The summed E-state index contributed by atoms with van der Waals surface area (Å²) < 4.78 is 31.2. The molecule has 6 aromatic carbocycles. The molecule has 3 atom stereocenters. The Morgan fingerprint density at radius 3 is 1.49 bits per heavy atom. The molecule has 1 saturated carbocycles. The molecule has 0 spiro atoms. The Labute approximate surface area is 378 Å². The standard InChI is InChI=1S/C53H53N5O7/c1-61-42-23-15-37(16-24-42)52(36-11-7-5-8-12-36,38-17-25-43(62-2)26-18-38)58-50(60)48-49(56-51(58)54)57(34-55-48)47-31-35(32-59)46(47)33-65-53(39-13-9-6-10-14-39,40-19-27-44(63-3)28-20-40)41-21-29-45(64-4)30-22-41/h5-30,35,46-47,55,59H,31-34H2,1-4H3,(H2,54,56)/t35-,46-,47-/m1/s1. The van der Waals surface area contributed by atoms with Gasteiger partial charge in [-0.2, -0.15) is 4.98 Å². The minimum absolute atomic E-state index is 0.0253. The average Bonchev–Trinajstić information content (AvgIpc) is 3.77. The highest BCUT2D eigenvalue weighted by atomic mass is 16.5. The Kier molecular flexibility index (Phi) is 12.0. The van der Waals surface area contributed by atoms with Gasteiger partial charge in [0.2, 0.25) is 5.95 Å². The van der Waals surface area contributed by atoms with E-state index in [0.29, 0.717) is 36.1 Å². The molecule has 0 bridgehead atoms. The Hall–Kier alpha value is -7.28. The molecular weight excluding hydrogens is 819 g/mol. The monoisotopic (exact) mass is 871 g/mol. The van der Waals surface area contributed by atoms with Crippen molar-refractivity contribution in [3.05, 3.63) is 201 Å². The number of nitrogens with one attached hydrogen (secondary N) is 1. The molecule has 12 heteroatoms. The fourth-order valence-electron chi connectivity index (χ4n) is 9.85. The van der Waals surface area contributed by atoms with Crippen LogP contribution in [0.25, 0.3) is 0 Å². The predicted molar refractivity (Wildman–Crippen MR) is 252 cm³/mol. The predicted octanol–water partition coefficient (Wildman–Crippen LogP) is 7.90. The third-order valence-electron chi connectivity index (χ3n) is 13.3. The summed E-state index contributed by atoms with van der Waals surface area (Å²) in [5.74, 6) is 3.06. The van der Waals surface area contributed by atoms with Gasteiger partial charge in [-0.05, 0) is 94.3 Å². The molecule has 1 aliphatic carbocycles. The number of ether oxygens (including phenoxy) is 5. The van der Waals surface area contributed by atoms with Gasteiger partial charge < -0.3 is 44.7 Å². The van der Waals surface area contributed by atoms with E-state index in [1.54, 1.807) is 33.0 Å². The summed E-state index contributed by atoms with van der Waals surface area (Å²) in [5, 5.41) is 14.2. The zero-order valence-electron chi connectivity index (χ0n) is 36.9. The molecule has 0 radical (unpaired) electrons. The molecule has 0 amide bonds. The van der Waals surface area contributed by atoms with Gasteiger partial charge in [0, 0.05) is 18.6 Å². The van der Waals surface area contributed by atoms with Crippen molar-refractivity contribution in [1.29, 1.82) is 0 Å². The average molecular weight is 872 g/mol. The Morgan fingerprint density at radius 2 is 1.05 bits per heavy atom. The van der Waals surface area contributed by atoms with Crippen molar-refractivity contribution < 1.29 is 28.8 Å². The van der Waals surface area contributed by atoms with Crippen LogP contribution in [-0.2, 0) is 15.9 Å². The minimum Gasteiger partial charge on any atom is -0.497 e. The van der Waals surface area contributed by atoms with Gasteiger partial charge in [-0.25, -0.2) is 0 Å². The fraction of sp³-hybridized carbons (Fsp3) is 0.245.